The van der Waals surface area contributed by atoms with Crippen LogP contribution >= 0.6 is 0 Å². The van der Waals surface area contributed by atoms with Crippen molar-refractivity contribution in [2.45, 2.75) is 37.7 Å². The minimum absolute atomic E-state index is 0.567. The lowest BCUT2D eigenvalue weighted by molar-refractivity contribution is 0.0386. The third-order valence-electron chi connectivity index (χ3n) is 4.29. The number of benzene rings is 1. The van der Waals surface area contributed by atoms with E-state index in [1.807, 2.05) is 18.2 Å². The molecule has 2 atom stereocenters. The van der Waals surface area contributed by atoms with Crippen LogP contribution in [0.3, 0.4) is 0 Å². The van der Waals surface area contributed by atoms with Crippen molar-refractivity contribution in [3.05, 3.63) is 59.7 Å². The molecular weight excluding hydrogens is 220 g/mol. The van der Waals surface area contributed by atoms with E-state index in [0.717, 1.165) is 25.7 Å². The first-order chi connectivity index (χ1) is 8.78. The van der Waals surface area contributed by atoms with Crippen molar-refractivity contribution in [3.8, 4) is 0 Å². The SMILES string of the molecule is OC1(Cc2ccccc2)CCCC2CC=CC=C21. The van der Waals surface area contributed by atoms with Gasteiger partial charge in [0.05, 0.1) is 5.60 Å². The van der Waals surface area contributed by atoms with E-state index >= 15 is 0 Å². The Morgan fingerprint density at radius 2 is 2.06 bits per heavy atom. The van der Waals surface area contributed by atoms with Crippen LogP contribution in [-0.4, -0.2) is 10.7 Å². The second-order valence-corrected chi connectivity index (χ2v) is 5.57. The zero-order valence-corrected chi connectivity index (χ0v) is 10.7. The molecular formula is C17H20O. The molecule has 0 spiro atoms. The summed E-state index contributed by atoms with van der Waals surface area (Å²) in [5.74, 6) is 0.567. The van der Waals surface area contributed by atoms with Crippen LogP contribution in [-0.2, 0) is 6.42 Å². The van der Waals surface area contributed by atoms with Crippen LogP contribution in [0.5, 0.6) is 0 Å². The largest absolute Gasteiger partial charge is 0.385 e. The second kappa shape index (κ2) is 4.74. The summed E-state index contributed by atoms with van der Waals surface area (Å²) in [6, 6.07) is 10.4. The quantitative estimate of drug-likeness (QED) is 0.836. The summed E-state index contributed by atoms with van der Waals surface area (Å²) >= 11 is 0. The lowest BCUT2D eigenvalue weighted by atomic mass is 9.68. The van der Waals surface area contributed by atoms with Crippen molar-refractivity contribution in [3.63, 3.8) is 0 Å². The monoisotopic (exact) mass is 240 g/mol. The summed E-state index contributed by atoms with van der Waals surface area (Å²) in [6.45, 7) is 0. The zero-order chi connectivity index (χ0) is 12.4. The molecule has 2 aliphatic carbocycles. The molecule has 0 bridgehead atoms. The van der Waals surface area contributed by atoms with Gasteiger partial charge >= 0.3 is 0 Å². The third-order valence-corrected chi connectivity index (χ3v) is 4.29. The number of hydrogen-bond acceptors (Lipinski definition) is 1. The first-order valence-corrected chi connectivity index (χ1v) is 6.91. The Bertz CT molecular complexity index is 472. The average Bonchev–Trinajstić information content (AvgIpc) is 2.40. The summed E-state index contributed by atoms with van der Waals surface area (Å²) in [7, 11) is 0. The van der Waals surface area contributed by atoms with Gasteiger partial charge in [0.15, 0.2) is 0 Å². The lowest BCUT2D eigenvalue weighted by Gasteiger charge is -2.41. The summed E-state index contributed by atoms with van der Waals surface area (Å²) in [5, 5.41) is 11.0. The molecule has 1 nitrogen and oxygen atoms in total. The van der Waals surface area contributed by atoms with Crippen molar-refractivity contribution >= 4 is 0 Å². The first-order valence-electron chi connectivity index (χ1n) is 6.91. The van der Waals surface area contributed by atoms with Gasteiger partial charge in [-0.05, 0) is 42.7 Å². The smallest absolute Gasteiger partial charge is 0.0902 e. The van der Waals surface area contributed by atoms with E-state index in [1.54, 1.807) is 0 Å². The zero-order valence-electron chi connectivity index (χ0n) is 10.7. The van der Waals surface area contributed by atoms with E-state index in [0.29, 0.717) is 5.92 Å². The Kier molecular flexibility index (Phi) is 3.09. The maximum atomic E-state index is 11.0. The molecule has 0 aliphatic heterocycles. The summed E-state index contributed by atoms with van der Waals surface area (Å²) in [6.07, 6.45) is 11.6. The average molecular weight is 240 g/mol. The predicted molar refractivity (Wildman–Crippen MR) is 74.3 cm³/mol. The fourth-order valence-corrected chi connectivity index (χ4v) is 3.40. The summed E-state index contributed by atoms with van der Waals surface area (Å²) < 4.78 is 0. The van der Waals surface area contributed by atoms with Crippen molar-refractivity contribution in [1.82, 2.24) is 0 Å². The molecule has 1 heteroatoms. The second-order valence-electron chi connectivity index (χ2n) is 5.57. The highest BCUT2D eigenvalue weighted by molar-refractivity contribution is 5.33. The van der Waals surface area contributed by atoms with E-state index in [2.05, 4.69) is 30.4 Å². The third kappa shape index (κ3) is 2.15. The van der Waals surface area contributed by atoms with Crippen molar-refractivity contribution < 1.29 is 5.11 Å². The van der Waals surface area contributed by atoms with Crippen LogP contribution in [0.15, 0.2) is 54.1 Å². The topological polar surface area (TPSA) is 20.2 Å². The molecule has 0 heterocycles. The van der Waals surface area contributed by atoms with Crippen LogP contribution in [0.2, 0.25) is 0 Å². The first kappa shape index (κ1) is 11.7. The highest BCUT2D eigenvalue weighted by atomic mass is 16.3. The summed E-state index contributed by atoms with van der Waals surface area (Å²) in [4.78, 5) is 0. The highest BCUT2D eigenvalue weighted by Gasteiger charge is 2.39. The van der Waals surface area contributed by atoms with Gasteiger partial charge in [0.1, 0.15) is 0 Å². The van der Waals surface area contributed by atoms with Gasteiger partial charge in [0.25, 0.3) is 0 Å². The normalized spacial score (nSPS) is 30.7. The van der Waals surface area contributed by atoms with Crippen LogP contribution in [0.25, 0.3) is 0 Å². The number of hydrogen-bond donors (Lipinski definition) is 1. The number of aliphatic hydroxyl groups is 1. The molecule has 1 N–H and O–H groups in total. The highest BCUT2D eigenvalue weighted by Crippen LogP contribution is 2.42. The molecule has 0 saturated heterocycles. The van der Waals surface area contributed by atoms with E-state index in [1.165, 1.54) is 17.6 Å². The summed E-state index contributed by atoms with van der Waals surface area (Å²) in [5.41, 5.74) is 1.88. The van der Waals surface area contributed by atoms with Crippen LogP contribution in [0.4, 0.5) is 0 Å². The molecule has 2 unspecified atom stereocenters. The van der Waals surface area contributed by atoms with Gasteiger partial charge in [0, 0.05) is 6.42 Å². The minimum atomic E-state index is -0.616. The molecule has 18 heavy (non-hydrogen) atoms. The van der Waals surface area contributed by atoms with Gasteiger partial charge in [-0.1, -0.05) is 48.6 Å². The number of fused-ring (bicyclic) bond motifs is 1. The van der Waals surface area contributed by atoms with Gasteiger partial charge in [-0.15, -0.1) is 0 Å². The number of allylic oxidation sites excluding steroid dienone is 3. The Balaban J connectivity index is 1.88. The van der Waals surface area contributed by atoms with E-state index in [4.69, 9.17) is 0 Å². The van der Waals surface area contributed by atoms with Crippen LogP contribution in [0.1, 0.15) is 31.2 Å². The molecule has 1 fully saturated rings. The lowest BCUT2D eigenvalue weighted by Crippen LogP contribution is -2.40. The van der Waals surface area contributed by atoms with Crippen molar-refractivity contribution in [2.75, 3.05) is 0 Å². The van der Waals surface area contributed by atoms with Gasteiger partial charge in [-0.25, -0.2) is 0 Å². The van der Waals surface area contributed by atoms with E-state index < -0.39 is 5.60 Å². The molecule has 0 radical (unpaired) electrons. The Hall–Kier alpha value is -1.34. The maximum Gasteiger partial charge on any atom is 0.0902 e. The fraction of sp³-hybridized carbons (Fsp3) is 0.412. The molecule has 1 aromatic carbocycles. The Morgan fingerprint density at radius 3 is 2.89 bits per heavy atom. The van der Waals surface area contributed by atoms with E-state index in [9.17, 15) is 5.11 Å². The predicted octanol–water partition coefficient (Wildman–Crippen LogP) is 3.65. The molecule has 0 aromatic heterocycles. The van der Waals surface area contributed by atoms with Crippen molar-refractivity contribution in [2.24, 2.45) is 5.92 Å². The van der Waals surface area contributed by atoms with E-state index in [-0.39, 0.29) is 0 Å². The number of rotatable bonds is 2. The molecule has 3 rings (SSSR count). The van der Waals surface area contributed by atoms with Crippen LogP contribution < -0.4 is 0 Å². The van der Waals surface area contributed by atoms with Crippen molar-refractivity contribution in [1.29, 1.82) is 0 Å². The molecule has 1 aromatic rings. The fourth-order valence-electron chi connectivity index (χ4n) is 3.40. The van der Waals surface area contributed by atoms with Gasteiger partial charge in [-0.2, -0.15) is 0 Å². The van der Waals surface area contributed by atoms with Gasteiger partial charge in [0.2, 0.25) is 0 Å². The molecule has 2 aliphatic rings. The Morgan fingerprint density at radius 1 is 1.22 bits per heavy atom. The molecule has 94 valence electrons. The minimum Gasteiger partial charge on any atom is -0.385 e. The van der Waals surface area contributed by atoms with Crippen LogP contribution in [0, 0.1) is 5.92 Å². The molecule has 1 saturated carbocycles. The molecule has 0 amide bonds. The van der Waals surface area contributed by atoms with Gasteiger partial charge in [-0.3, -0.25) is 0 Å². The Labute approximate surface area is 109 Å². The van der Waals surface area contributed by atoms with Gasteiger partial charge < -0.3 is 5.11 Å². The standard InChI is InChI=1S/C17H20O/c18-17(13-14-7-2-1-3-8-14)12-6-10-15-9-4-5-11-16(15)17/h1-5,7-8,11,15,18H,6,9-10,12-13H2. The maximum absolute atomic E-state index is 11.0.